The zero-order chi connectivity index (χ0) is 14.8. The Morgan fingerprint density at radius 1 is 1.00 bits per heavy atom. The van der Waals surface area contributed by atoms with Gasteiger partial charge in [0.1, 0.15) is 12.1 Å². The highest BCUT2D eigenvalue weighted by atomic mass is 19.1. The molecule has 1 aromatic heterocycles. The largest absolute Gasteiger partial charge is 0.430 e. The Kier molecular flexibility index (Phi) is 3.23. The summed E-state index contributed by atoms with van der Waals surface area (Å²) in [7, 11) is 0. The Hall–Kier alpha value is -2.95. The maximum absolute atomic E-state index is 12.8. The van der Waals surface area contributed by atoms with Crippen LogP contribution >= 0.6 is 0 Å². The van der Waals surface area contributed by atoms with Crippen LogP contribution in [0.3, 0.4) is 0 Å². The van der Waals surface area contributed by atoms with Crippen LogP contribution in [0.15, 0.2) is 64.0 Å². The zero-order valence-electron chi connectivity index (χ0n) is 10.8. The van der Waals surface area contributed by atoms with Crippen LogP contribution in [0.5, 0.6) is 0 Å². The summed E-state index contributed by atoms with van der Waals surface area (Å²) in [4.78, 5) is 23.9. The van der Waals surface area contributed by atoms with E-state index in [1.807, 2.05) is 0 Å². The third-order valence-electron chi connectivity index (χ3n) is 3.07. The third kappa shape index (κ3) is 2.53. The first-order valence-electron chi connectivity index (χ1n) is 6.22. The van der Waals surface area contributed by atoms with Gasteiger partial charge in [-0.25, -0.2) is 9.18 Å². The Balaban J connectivity index is 2.00. The van der Waals surface area contributed by atoms with E-state index in [1.54, 1.807) is 24.3 Å². The highest BCUT2D eigenvalue weighted by Crippen LogP contribution is 2.17. The van der Waals surface area contributed by atoms with E-state index in [1.165, 1.54) is 24.3 Å². The number of hydrogen-bond donors (Lipinski definition) is 1. The maximum Gasteiger partial charge on any atom is 0.343 e. The fourth-order valence-electron chi connectivity index (χ4n) is 2.04. The van der Waals surface area contributed by atoms with Crippen molar-refractivity contribution >= 4 is 22.4 Å². The van der Waals surface area contributed by atoms with Crippen molar-refractivity contribution in [3.63, 3.8) is 0 Å². The summed E-state index contributed by atoms with van der Waals surface area (Å²) in [6.45, 7) is 0. The van der Waals surface area contributed by atoms with Gasteiger partial charge in [-0.3, -0.25) is 4.79 Å². The average Bonchev–Trinajstić information content (AvgIpc) is 2.50. The van der Waals surface area contributed by atoms with Gasteiger partial charge in [-0.05, 0) is 30.3 Å². The van der Waals surface area contributed by atoms with Gasteiger partial charge in [0.05, 0.1) is 10.9 Å². The molecule has 3 aromatic rings. The van der Waals surface area contributed by atoms with Gasteiger partial charge in [-0.15, -0.1) is 0 Å². The van der Waals surface area contributed by atoms with Gasteiger partial charge >= 0.3 is 5.63 Å². The second-order valence-corrected chi connectivity index (χ2v) is 4.44. The monoisotopic (exact) mass is 283 g/mol. The van der Waals surface area contributed by atoms with E-state index in [0.29, 0.717) is 16.5 Å². The normalized spacial score (nSPS) is 10.5. The summed E-state index contributed by atoms with van der Waals surface area (Å²) < 4.78 is 17.7. The van der Waals surface area contributed by atoms with Crippen molar-refractivity contribution in [1.82, 2.24) is 0 Å². The molecule has 1 amide bonds. The number of benzene rings is 2. The summed E-state index contributed by atoms with van der Waals surface area (Å²) in [6.07, 6.45) is 1.13. The lowest BCUT2D eigenvalue weighted by Crippen LogP contribution is -2.14. The van der Waals surface area contributed by atoms with Crippen LogP contribution in [0.25, 0.3) is 10.8 Å². The summed E-state index contributed by atoms with van der Waals surface area (Å²) in [6, 6.07) is 12.1. The fourth-order valence-corrected chi connectivity index (χ4v) is 2.04. The van der Waals surface area contributed by atoms with Crippen LogP contribution < -0.4 is 10.9 Å². The Bertz CT molecular complexity index is 869. The van der Waals surface area contributed by atoms with E-state index < -0.39 is 11.5 Å². The first kappa shape index (κ1) is 13.1. The number of fused-ring (bicyclic) bond motifs is 1. The minimum Gasteiger partial charge on any atom is -0.430 e. The number of hydrogen-bond acceptors (Lipinski definition) is 3. The first-order chi connectivity index (χ1) is 10.1. The number of carbonyl (C=O) groups excluding carboxylic acids is 1. The predicted molar refractivity (Wildman–Crippen MR) is 76.8 cm³/mol. The van der Waals surface area contributed by atoms with E-state index in [0.717, 1.165) is 6.26 Å². The van der Waals surface area contributed by atoms with Gasteiger partial charge in [0.2, 0.25) is 0 Å². The summed E-state index contributed by atoms with van der Waals surface area (Å²) in [5, 5.41) is 3.47. The lowest BCUT2D eigenvalue weighted by atomic mass is 10.1. The molecule has 1 heterocycles. The summed E-state index contributed by atoms with van der Waals surface area (Å²) in [5.41, 5.74) is 0.204. The minimum absolute atomic E-state index is 0.245. The van der Waals surface area contributed by atoms with E-state index >= 15 is 0 Å². The van der Waals surface area contributed by atoms with Crippen LogP contribution in [-0.2, 0) is 0 Å². The summed E-state index contributed by atoms with van der Waals surface area (Å²) >= 11 is 0. The lowest BCUT2D eigenvalue weighted by Gasteiger charge is -2.07. The molecule has 2 aromatic carbocycles. The molecule has 0 aliphatic heterocycles. The van der Waals surface area contributed by atoms with E-state index in [4.69, 9.17) is 4.42 Å². The number of rotatable bonds is 2. The molecular formula is C16H10FNO3. The molecule has 0 atom stereocenters. The van der Waals surface area contributed by atoms with Gasteiger partial charge in [-0.2, -0.15) is 0 Å². The van der Waals surface area contributed by atoms with Crippen molar-refractivity contribution in [3.8, 4) is 0 Å². The van der Waals surface area contributed by atoms with Gasteiger partial charge in [-0.1, -0.05) is 18.2 Å². The van der Waals surface area contributed by atoms with Crippen molar-refractivity contribution in [2.45, 2.75) is 0 Å². The highest BCUT2D eigenvalue weighted by molar-refractivity contribution is 6.12. The molecule has 0 fully saturated rings. The molecule has 0 saturated carbocycles. The zero-order valence-corrected chi connectivity index (χ0v) is 10.8. The Morgan fingerprint density at radius 3 is 2.38 bits per heavy atom. The topological polar surface area (TPSA) is 59.3 Å². The number of halogens is 1. The van der Waals surface area contributed by atoms with Gasteiger partial charge in [0, 0.05) is 11.1 Å². The van der Waals surface area contributed by atoms with Crippen LogP contribution in [0, 0.1) is 5.82 Å². The molecule has 0 saturated heterocycles. The second kappa shape index (κ2) is 5.20. The van der Waals surface area contributed by atoms with Crippen LogP contribution in [0.1, 0.15) is 10.4 Å². The van der Waals surface area contributed by atoms with E-state index in [2.05, 4.69) is 5.32 Å². The quantitative estimate of drug-likeness (QED) is 0.785. The van der Waals surface area contributed by atoms with Gasteiger partial charge in [0.15, 0.2) is 0 Å². The Labute approximate surface area is 118 Å². The molecule has 1 N–H and O–H groups in total. The SMILES string of the molecule is O=C(Nc1ccc(F)cc1)c1coc(=O)c2ccccc12. The fraction of sp³-hybridized carbons (Fsp3) is 0. The number of amides is 1. The lowest BCUT2D eigenvalue weighted by molar-refractivity contribution is 0.102. The molecule has 0 radical (unpaired) electrons. The predicted octanol–water partition coefficient (Wildman–Crippen LogP) is 3.18. The number of nitrogens with one attached hydrogen (secondary N) is 1. The molecule has 104 valence electrons. The van der Waals surface area contributed by atoms with Crippen molar-refractivity contribution in [2.75, 3.05) is 5.32 Å². The highest BCUT2D eigenvalue weighted by Gasteiger charge is 2.13. The van der Waals surface area contributed by atoms with Crippen molar-refractivity contribution in [3.05, 3.63) is 76.6 Å². The first-order valence-corrected chi connectivity index (χ1v) is 6.22. The smallest absolute Gasteiger partial charge is 0.343 e. The minimum atomic E-state index is -0.496. The number of anilines is 1. The third-order valence-corrected chi connectivity index (χ3v) is 3.07. The maximum atomic E-state index is 12.8. The Morgan fingerprint density at radius 2 is 1.67 bits per heavy atom. The molecular weight excluding hydrogens is 273 g/mol. The second-order valence-electron chi connectivity index (χ2n) is 4.44. The molecule has 5 heteroatoms. The number of carbonyl (C=O) groups is 1. The van der Waals surface area contributed by atoms with Crippen LogP contribution in [0.2, 0.25) is 0 Å². The molecule has 0 aliphatic carbocycles. The molecule has 0 spiro atoms. The van der Waals surface area contributed by atoms with E-state index in [9.17, 15) is 14.0 Å². The average molecular weight is 283 g/mol. The van der Waals surface area contributed by atoms with Gasteiger partial charge in [0.25, 0.3) is 5.91 Å². The molecule has 3 rings (SSSR count). The van der Waals surface area contributed by atoms with Gasteiger partial charge < -0.3 is 9.73 Å². The standard InChI is InChI=1S/C16H10FNO3/c17-10-5-7-11(8-6-10)18-15(19)14-9-21-16(20)13-4-2-1-3-12(13)14/h1-9H,(H,18,19). The van der Waals surface area contributed by atoms with Crippen molar-refractivity contribution in [1.29, 1.82) is 0 Å². The molecule has 0 unspecified atom stereocenters. The molecule has 4 nitrogen and oxygen atoms in total. The molecule has 21 heavy (non-hydrogen) atoms. The summed E-state index contributed by atoms with van der Waals surface area (Å²) in [5.74, 6) is -0.814. The van der Waals surface area contributed by atoms with Crippen molar-refractivity contribution < 1.29 is 13.6 Å². The van der Waals surface area contributed by atoms with Crippen molar-refractivity contribution in [2.24, 2.45) is 0 Å². The van der Waals surface area contributed by atoms with Crippen LogP contribution in [0.4, 0.5) is 10.1 Å². The molecule has 0 bridgehead atoms. The molecule has 0 aliphatic rings. The van der Waals surface area contributed by atoms with E-state index in [-0.39, 0.29) is 11.4 Å². The van der Waals surface area contributed by atoms with Crippen LogP contribution in [-0.4, -0.2) is 5.91 Å².